The highest BCUT2D eigenvalue weighted by Gasteiger charge is 2.57. The molecule has 1 aliphatic carbocycles. The van der Waals surface area contributed by atoms with Gasteiger partial charge in [-0.3, -0.25) is 9.59 Å². The van der Waals surface area contributed by atoms with Gasteiger partial charge in [-0.1, -0.05) is 0 Å². The molecule has 2 amide bonds. The summed E-state index contributed by atoms with van der Waals surface area (Å²) in [7, 11) is 0. The highest BCUT2D eigenvalue weighted by Crippen LogP contribution is 2.58. The predicted octanol–water partition coefficient (Wildman–Crippen LogP) is -0.789. The number of rotatable bonds is 6. The second-order valence-corrected chi connectivity index (χ2v) is 5.77. The maximum absolute atomic E-state index is 12.1. The Morgan fingerprint density at radius 3 is 2.55 bits per heavy atom. The molecule has 2 fully saturated rings. The zero-order valence-electron chi connectivity index (χ0n) is 11.4. The van der Waals surface area contributed by atoms with Crippen LogP contribution in [0.2, 0.25) is 0 Å². The van der Waals surface area contributed by atoms with Crippen molar-refractivity contribution in [3.8, 4) is 0 Å². The van der Waals surface area contributed by atoms with Crippen molar-refractivity contribution in [3.05, 3.63) is 0 Å². The molecule has 1 saturated heterocycles. The van der Waals surface area contributed by atoms with Crippen LogP contribution >= 0.6 is 0 Å². The number of carbonyl (C=O) groups excluding carboxylic acids is 2. The first-order valence-electron chi connectivity index (χ1n) is 6.97. The molecular formula is C13H21N3O4. The fraction of sp³-hybridized carbons (Fsp3) is 0.769. The number of carboxylic acids is 1. The molecule has 0 aromatic heterocycles. The molecular weight excluding hydrogens is 262 g/mol. The molecule has 0 radical (unpaired) electrons. The molecule has 1 heterocycles. The van der Waals surface area contributed by atoms with Gasteiger partial charge >= 0.3 is 5.97 Å². The Balaban J connectivity index is 1.86. The van der Waals surface area contributed by atoms with Crippen molar-refractivity contribution in [2.75, 3.05) is 13.1 Å². The minimum Gasteiger partial charge on any atom is -0.480 e. The average molecular weight is 283 g/mol. The van der Waals surface area contributed by atoms with Crippen LogP contribution in [0, 0.1) is 11.3 Å². The molecule has 2 atom stereocenters. The second kappa shape index (κ2) is 5.78. The lowest BCUT2D eigenvalue weighted by Crippen LogP contribution is -2.43. The van der Waals surface area contributed by atoms with Gasteiger partial charge in [0.25, 0.3) is 0 Å². The molecule has 7 heteroatoms. The van der Waals surface area contributed by atoms with Gasteiger partial charge in [0, 0.05) is 12.3 Å². The van der Waals surface area contributed by atoms with E-state index in [9.17, 15) is 14.4 Å². The van der Waals surface area contributed by atoms with Gasteiger partial charge in [0.15, 0.2) is 0 Å². The zero-order valence-corrected chi connectivity index (χ0v) is 11.4. The van der Waals surface area contributed by atoms with Crippen LogP contribution in [0.15, 0.2) is 0 Å². The SMILES string of the molecule is NC(=O)CC[C@@H](NC(=O)C1CC12CCNCC2)C(=O)O. The molecule has 2 rings (SSSR count). The number of carboxylic acid groups (broad SMARTS) is 1. The fourth-order valence-corrected chi connectivity index (χ4v) is 3.01. The predicted molar refractivity (Wildman–Crippen MR) is 70.6 cm³/mol. The first-order chi connectivity index (χ1) is 9.44. The smallest absolute Gasteiger partial charge is 0.326 e. The lowest BCUT2D eigenvalue weighted by Gasteiger charge is -2.23. The number of amides is 2. The third-order valence-corrected chi connectivity index (χ3v) is 4.40. The van der Waals surface area contributed by atoms with Gasteiger partial charge in [0.05, 0.1) is 0 Å². The summed E-state index contributed by atoms with van der Waals surface area (Å²) in [5.74, 6) is -1.98. The molecule has 1 spiro atoms. The molecule has 112 valence electrons. The van der Waals surface area contributed by atoms with Crippen LogP contribution < -0.4 is 16.4 Å². The van der Waals surface area contributed by atoms with Crippen LogP contribution in [0.4, 0.5) is 0 Å². The Kier molecular flexibility index (Phi) is 4.27. The van der Waals surface area contributed by atoms with E-state index in [1.54, 1.807) is 0 Å². The van der Waals surface area contributed by atoms with E-state index in [1.165, 1.54) is 0 Å². The Morgan fingerprint density at radius 1 is 1.35 bits per heavy atom. The molecule has 1 saturated carbocycles. The summed E-state index contributed by atoms with van der Waals surface area (Å²) in [5.41, 5.74) is 5.08. The molecule has 5 N–H and O–H groups in total. The van der Waals surface area contributed by atoms with Gasteiger partial charge in [-0.05, 0) is 44.2 Å². The Morgan fingerprint density at radius 2 is 2.00 bits per heavy atom. The van der Waals surface area contributed by atoms with Crippen molar-refractivity contribution in [1.29, 1.82) is 0 Å². The summed E-state index contributed by atoms with van der Waals surface area (Å²) in [4.78, 5) is 33.9. The summed E-state index contributed by atoms with van der Waals surface area (Å²) in [6.07, 6.45) is 2.76. The molecule has 0 aromatic rings. The van der Waals surface area contributed by atoms with Crippen molar-refractivity contribution >= 4 is 17.8 Å². The summed E-state index contributed by atoms with van der Waals surface area (Å²) in [6, 6.07) is -1.03. The topological polar surface area (TPSA) is 122 Å². The third kappa shape index (κ3) is 3.27. The van der Waals surface area contributed by atoms with Crippen molar-refractivity contribution in [2.24, 2.45) is 17.1 Å². The number of hydrogen-bond acceptors (Lipinski definition) is 4. The summed E-state index contributed by atoms with van der Waals surface area (Å²) < 4.78 is 0. The van der Waals surface area contributed by atoms with E-state index in [-0.39, 0.29) is 30.1 Å². The fourth-order valence-electron chi connectivity index (χ4n) is 3.01. The maximum atomic E-state index is 12.1. The Labute approximate surface area is 117 Å². The highest BCUT2D eigenvalue weighted by atomic mass is 16.4. The molecule has 1 unspecified atom stereocenters. The number of primary amides is 1. The number of nitrogens with two attached hydrogens (primary N) is 1. The lowest BCUT2D eigenvalue weighted by molar-refractivity contribution is -0.142. The van der Waals surface area contributed by atoms with Gasteiger partial charge in [-0.2, -0.15) is 0 Å². The van der Waals surface area contributed by atoms with E-state index in [4.69, 9.17) is 10.8 Å². The van der Waals surface area contributed by atoms with E-state index in [2.05, 4.69) is 10.6 Å². The van der Waals surface area contributed by atoms with E-state index in [1.807, 2.05) is 0 Å². The first-order valence-corrected chi connectivity index (χ1v) is 6.97. The standard InChI is InChI=1S/C13H21N3O4/c14-10(17)2-1-9(12(19)20)16-11(18)8-7-13(8)3-5-15-6-4-13/h8-9,15H,1-7H2,(H2,14,17)(H,16,18)(H,19,20)/t8?,9-/m1/s1. The van der Waals surface area contributed by atoms with E-state index < -0.39 is 17.9 Å². The van der Waals surface area contributed by atoms with Crippen LogP contribution in [0.25, 0.3) is 0 Å². The van der Waals surface area contributed by atoms with Gasteiger partial charge in [0.2, 0.25) is 11.8 Å². The van der Waals surface area contributed by atoms with Gasteiger partial charge in [-0.25, -0.2) is 4.79 Å². The van der Waals surface area contributed by atoms with Crippen LogP contribution in [-0.2, 0) is 14.4 Å². The van der Waals surface area contributed by atoms with Crippen molar-refractivity contribution in [1.82, 2.24) is 10.6 Å². The van der Waals surface area contributed by atoms with Crippen LogP contribution in [0.1, 0.15) is 32.1 Å². The van der Waals surface area contributed by atoms with Crippen molar-refractivity contribution in [3.63, 3.8) is 0 Å². The first kappa shape index (κ1) is 14.8. The van der Waals surface area contributed by atoms with Crippen LogP contribution in [0.5, 0.6) is 0 Å². The summed E-state index contributed by atoms with van der Waals surface area (Å²) in [6.45, 7) is 1.82. The van der Waals surface area contributed by atoms with Crippen LogP contribution in [-0.4, -0.2) is 42.0 Å². The largest absolute Gasteiger partial charge is 0.480 e. The number of hydrogen-bond donors (Lipinski definition) is 4. The summed E-state index contributed by atoms with van der Waals surface area (Å²) in [5, 5.41) is 14.9. The quantitative estimate of drug-likeness (QED) is 0.509. The zero-order chi connectivity index (χ0) is 14.8. The monoisotopic (exact) mass is 283 g/mol. The Bertz CT molecular complexity index is 418. The van der Waals surface area contributed by atoms with Gasteiger partial charge in [-0.15, -0.1) is 0 Å². The highest BCUT2D eigenvalue weighted by molar-refractivity contribution is 5.87. The molecule has 7 nitrogen and oxygen atoms in total. The number of nitrogens with one attached hydrogen (secondary N) is 2. The number of piperidine rings is 1. The lowest BCUT2D eigenvalue weighted by atomic mass is 9.91. The molecule has 0 bridgehead atoms. The van der Waals surface area contributed by atoms with Crippen molar-refractivity contribution < 1.29 is 19.5 Å². The van der Waals surface area contributed by atoms with Crippen molar-refractivity contribution in [2.45, 2.75) is 38.1 Å². The number of aliphatic carboxylic acids is 1. The average Bonchev–Trinajstić information content (AvgIpc) is 3.08. The molecule has 0 aromatic carbocycles. The minimum absolute atomic E-state index is 0.0394. The van der Waals surface area contributed by atoms with E-state index in [0.29, 0.717) is 0 Å². The Hall–Kier alpha value is -1.63. The van der Waals surface area contributed by atoms with E-state index in [0.717, 1.165) is 32.4 Å². The molecule has 2 aliphatic rings. The van der Waals surface area contributed by atoms with E-state index >= 15 is 0 Å². The molecule has 20 heavy (non-hydrogen) atoms. The van der Waals surface area contributed by atoms with Crippen LogP contribution in [0.3, 0.4) is 0 Å². The third-order valence-electron chi connectivity index (χ3n) is 4.40. The summed E-state index contributed by atoms with van der Waals surface area (Å²) >= 11 is 0. The normalized spacial score (nSPS) is 24.9. The molecule has 1 aliphatic heterocycles. The minimum atomic E-state index is -1.13. The maximum Gasteiger partial charge on any atom is 0.326 e. The van der Waals surface area contributed by atoms with Gasteiger partial charge < -0.3 is 21.5 Å². The van der Waals surface area contributed by atoms with Gasteiger partial charge in [0.1, 0.15) is 6.04 Å². The second-order valence-electron chi connectivity index (χ2n) is 5.77. The number of carbonyl (C=O) groups is 3.